The summed E-state index contributed by atoms with van der Waals surface area (Å²) in [7, 11) is 3.40. The summed E-state index contributed by atoms with van der Waals surface area (Å²) < 4.78 is 3.10. The van der Waals surface area contributed by atoms with Crippen LogP contribution in [0.2, 0.25) is 0 Å². The lowest BCUT2D eigenvalue weighted by Crippen LogP contribution is -2.27. The summed E-state index contributed by atoms with van der Waals surface area (Å²) in [5, 5.41) is 12.3. The number of aromatic nitrogens is 2. The number of amides is 1. The fourth-order valence-corrected chi connectivity index (χ4v) is 3.03. The molecular formula is C21H20N4O2. The Balaban J connectivity index is 1.89. The van der Waals surface area contributed by atoms with Crippen LogP contribution >= 0.6 is 0 Å². The number of imidazole rings is 1. The third-order valence-electron chi connectivity index (χ3n) is 4.62. The van der Waals surface area contributed by atoms with E-state index in [1.807, 2.05) is 49.4 Å². The first kappa shape index (κ1) is 18.2. The van der Waals surface area contributed by atoms with Gasteiger partial charge in [-0.1, -0.05) is 36.4 Å². The maximum Gasteiger partial charge on any atom is 0.328 e. The average Bonchev–Trinajstić information content (AvgIpc) is 2.90. The molecule has 0 aliphatic carbocycles. The highest BCUT2D eigenvalue weighted by molar-refractivity contribution is 6.02. The summed E-state index contributed by atoms with van der Waals surface area (Å²) in [6.45, 7) is 1.87. The van der Waals surface area contributed by atoms with Crippen LogP contribution in [0.15, 0.2) is 58.9 Å². The van der Waals surface area contributed by atoms with E-state index in [-0.39, 0.29) is 17.3 Å². The van der Waals surface area contributed by atoms with Crippen molar-refractivity contribution >= 4 is 23.0 Å². The minimum absolute atomic E-state index is 0.0121. The molecule has 0 aliphatic heterocycles. The van der Waals surface area contributed by atoms with Crippen LogP contribution in [0.4, 0.5) is 0 Å². The van der Waals surface area contributed by atoms with E-state index in [0.717, 1.165) is 16.6 Å². The van der Waals surface area contributed by atoms with E-state index in [1.165, 1.54) is 10.6 Å². The molecule has 3 rings (SSSR count). The van der Waals surface area contributed by atoms with Gasteiger partial charge in [-0.05, 0) is 36.3 Å². The number of nitrogens with zero attached hydrogens (tertiary/aromatic N) is 3. The van der Waals surface area contributed by atoms with Crippen molar-refractivity contribution in [1.29, 1.82) is 5.26 Å². The van der Waals surface area contributed by atoms with Gasteiger partial charge in [0.1, 0.15) is 11.6 Å². The number of carbonyl (C=O) groups is 1. The van der Waals surface area contributed by atoms with E-state index in [2.05, 4.69) is 5.32 Å². The third kappa shape index (κ3) is 3.53. The van der Waals surface area contributed by atoms with Gasteiger partial charge in [-0.15, -0.1) is 0 Å². The average molecular weight is 360 g/mol. The van der Waals surface area contributed by atoms with Crippen LogP contribution in [0.5, 0.6) is 0 Å². The summed E-state index contributed by atoms with van der Waals surface area (Å²) in [6, 6.07) is 16.7. The zero-order valence-electron chi connectivity index (χ0n) is 15.4. The van der Waals surface area contributed by atoms with Crippen molar-refractivity contribution in [1.82, 2.24) is 14.5 Å². The molecule has 0 spiro atoms. The van der Waals surface area contributed by atoms with Gasteiger partial charge in [-0.25, -0.2) is 4.79 Å². The summed E-state index contributed by atoms with van der Waals surface area (Å²) in [4.78, 5) is 24.5. The van der Waals surface area contributed by atoms with Crippen molar-refractivity contribution < 1.29 is 4.79 Å². The molecule has 1 N–H and O–H groups in total. The Morgan fingerprint density at radius 1 is 1.11 bits per heavy atom. The van der Waals surface area contributed by atoms with E-state index < -0.39 is 5.91 Å². The van der Waals surface area contributed by atoms with Gasteiger partial charge >= 0.3 is 5.69 Å². The first-order valence-corrected chi connectivity index (χ1v) is 8.55. The predicted octanol–water partition coefficient (Wildman–Crippen LogP) is 2.66. The summed E-state index contributed by atoms with van der Waals surface area (Å²) >= 11 is 0. The van der Waals surface area contributed by atoms with Crippen molar-refractivity contribution in [2.24, 2.45) is 14.1 Å². The van der Waals surface area contributed by atoms with Gasteiger partial charge in [0.15, 0.2) is 0 Å². The van der Waals surface area contributed by atoms with Crippen molar-refractivity contribution in [2.75, 3.05) is 0 Å². The molecule has 0 aliphatic rings. The number of nitrogens with one attached hydrogen (secondary N) is 1. The van der Waals surface area contributed by atoms with Gasteiger partial charge in [0.25, 0.3) is 5.91 Å². The van der Waals surface area contributed by atoms with Crippen LogP contribution in [0.25, 0.3) is 17.1 Å². The molecule has 0 bridgehead atoms. The Bertz CT molecular complexity index is 1130. The van der Waals surface area contributed by atoms with Crippen LogP contribution in [0.1, 0.15) is 24.1 Å². The molecule has 0 saturated heterocycles. The van der Waals surface area contributed by atoms with Crippen molar-refractivity contribution in [3.8, 4) is 6.07 Å². The lowest BCUT2D eigenvalue weighted by molar-refractivity contribution is -0.117. The van der Waals surface area contributed by atoms with Crippen LogP contribution in [-0.2, 0) is 18.9 Å². The molecule has 0 radical (unpaired) electrons. The molecule has 27 heavy (non-hydrogen) atoms. The zero-order chi connectivity index (χ0) is 19.6. The molecule has 0 saturated carbocycles. The maximum atomic E-state index is 12.5. The maximum absolute atomic E-state index is 12.5. The topological polar surface area (TPSA) is 79.8 Å². The first-order valence-electron chi connectivity index (χ1n) is 8.55. The standard InChI is InChI=1S/C21H20N4O2/c1-14(16-7-5-4-6-8-16)23-20(26)17(13-22)11-15-9-10-18-19(12-15)25(3)21(27)24(18)2/h4-12,14H,1-3H3,(H,23,26)/b17-11-/t14-/m1/s1. The number of hydrogen-bond acceptors (Lipinski definition) is 3. The summed E-state index contributed by atoms with van der Waals surface area (Å²) in [6.07, 6.45) is 1.53. The van der Waals surface area contributed by atoms with Gasteiger partial charge in [-0.2, -0.15) is 5.26 Å². The van der Waals surface area contributed by atoms with Gasteiger partial charge in [0.05, 0.1) is 17.1 Å². The number of benzene rings is 2. The third-order valence-corrected chi connectivity index (χ3v) is 4.62. The summed E-state index contributed by atoms with van der Waals surface area (Å²) in [5.74, 6) is -0.434. The first-order chi connectivity index (χ1) is 12.9. The normalized spacial score (nSPS) is 12.6. The Labute approximate surface area is 157 Å². The number of fused-ring (bicyclic) bond motifs is 1. The number of carbonyl (C=O) groups excluding carboxylic acids is 1. The Morgan fingerprint density at radius 3 is 2.44 bits per heavy atom. The molecule has 6 nitrogen and oxygen atoms in total. The Morgan fingerprint density at radius 2 is 1.78 bits per heavy atom. The molecule has 136 valence electrons. The van der Waals surface area contributed by atoms with Crippen LogP contribution in [-0.4, -0.2) is 15.0 Å². The molecule has 1 aromatic heterocycles. The second-order valence-electron chi connectivity index (χ2n) is 6.42. The number of rotatable bonds is 4. The molecular weight excluding hydrogens is 340 g/mol. The highest BCUT2D eigenvalue weighted by atomic mass is 16.2. The highest BCUT2D eigenvalue weighted by Gasteiger charge is 2.14. The summed E-state index contributed by atoms with van der Waals surface area (Å²) in [5.41, 5.74) is 3.07. The lowest BCUT2D eigenvalue weighted by atomic mass is 10.1. The van der Waals surface area contributed by atoms with Crippen molar-refractivity contribution in [3.05, 3.63) is 75.7 Å². The van der Waals surface area contributed by atoms with E-state index in [0.29, 0.717) is 5.56 Å². The Kier molecular flexibility index (Phi) is 4.95. The van der Waals surface area contributed by atoms with Crippen LogP contribution < -0.4 is 11.0 Å². The number of aryl methyl sites for hydroxylation is 2. The molecule has 3 aromatic rings. The van der Waals surface area contributed by atoms with Crippen LogP contribution in [0.3, 0.4) is 0 Å². The monoisotopic (exact) mass is 360 g/mol. The lowest BCUT2D eigenvalue weighted by Gasteiger charge is -2.13. The molecule has 1 atom stereocenters. The number of nitriles is 1. The van der Waals surface area contributed by atoms with E-state index in [9.17, 15) is 14.9 Å². The minimum atomic E-state index is -0.434. The minimum Gasteiger partial charge on any atom is -0.345 e. The second kappa shape index (κ2) is 7.34. The van der Waals surface area contributed by atoms with Crippen molar-refractivity contribution in [3.63, 3.8) is 0 Å². The fourth-order valence-electron chi connectivity index (χ4n) is 3.03. The second-order valence-corrected chi connectivity index (χ2v) is 6.42. The SMILES string of the molecule is C[C@@H](NC(=O)/C(C#N)=C\c1ccc2c(c1)n(C)c(=O)n2C)c1ccccc1. The van der Waals surface area contributed by atoms with E-state index in [1.54, 1.807) is 30.8 Å². The van der Waals surface area contributed by atoms with Gasteiger partial charge < -0.3 is 5.32 Å². The van der Waals surface area contributed by atoms with E-state index in [4.69, 9.17) is 0 Å². The molecule has 1 amide bonds. The van der Waals surface area contributed by atoms with Gasteiger partial charge in [0, 0.05) is 14.1 Å². The largest absolute Gasteiger partial charge is 0.345 e. The van der Waals surface area contributed by atoms with E-state index >= 15 is 0 Å². The van der Waals surface area contributed by atoms with Crippen LogP contribution in [0, 0.1) is 11.3 Å². The van der Waals surface area contributed by atoms with Gasteiger partial charge in [-0.3, -0.25) is 13.9 Å². The highest BCUT2D eigenvalue weighted by Crippen LogP contribution is 2.17. The molecule has 1 heterocycles. The molecule has 6 heteroatoms. The predicted molar refractivity (Wildman–Crippen MR) is 105 cm³/mol. The van der Waals surface area contributed by atoms with Gasteiger partial charge in [0.2, 0.25) is 0 Å². The van der Waals surface area contributed by atoms with Crippen molar-refractivity contribution in [2.45, 2.75) is 13.0 Å². The zero-order valence-corrected chi connectivity index (χ0v) is 15.4. The molecule has 0 fully saturated rings. The number of hydrogen-bond donors (Lipinski definition) is 1. The fraction of sp³-hybridized carbons (Fsp3) is 0.190. The quantitative estimate of drug-likeness (QED) is 0.574. The molecule has 2 aromatic carbocycles. The smallest absolute Gasteiger partial charge is 0.328 e. The Hall–Kier alpha value is -3.59. The molecule has 0 unspecified atom stereocenters.